The van der Waals surface area contributed by atoms with Crippen LogP contribution < -0.4 is 5.73 Å². The molecule has 1 saturated heterocycles. The number of likely N-dealkylation sites (tertiary alicyclic amines) is 1. The van der Waals surface area contributed by atoms with Crippen LogP contribution in [0.15, 0.2) is 4.63 Å². The maximum Gasteiger partial charge on any atom is 0.280 e. The Morgan fingerprint density at radius 3 is 2.73 bits per heavy atom. The highest BCUT2D eigenvalue weighted by Crippen LogP contribution is 2.24. The summed E-state index contributed by atoms with van der Waals surface area (Å²) in [6.07, 6.45) is 1.01. The molecule has 2 N–H and O–H groups in total. The van der Waals surface area contributed by atoms with E-state index in [0.717, 1.165) is 13.0 Å². The molecular weight excluding hydrogens is 196 g/mol. The molecule has 82 valence electrons. The molecule has 1 aromatic rings. The van der Waals surface area contributed by atoms with Crippen LogP contribution >= 0.6 is 0 Å². The SMILES string of the molecule is CC1CC(C)N(C(=O)c2nonc2N)C1. The van der Waals surface area contributed by atoms with E-state index in [-0.39, 0.29) is 23.5 Å². The molecule has 6 nitrogen and oxygen atoms in total. The van der Waals surface area contributed by atoms with Crippen LogP contribution in [0.2, 0.25) is 0 Å². The molecule has 1 aliphatic heterocycles. The molecule has 1 aromatic heterocycles. The number of nitrogens with two attached hydrogens (primary N) is 1. The van der Waals surface area contributed by atoms with Gasteiger partial charge in [-0.1, -0.05) is 6.92 Å². The zero-order valence-electron chi connectivity index (χ0n) is 8.80. The maximum atomic E-state index is 12.0. The van der Waals surface area contributed by atoms with Gasteiger partial charge in [-0.15, -0.1) is 0 Å². The summed E-state index contributed by atoms with van der Waals surface area (Å²) in [4.78, 5) is 13.7. The van der Waals surface area contributed by atoms with Gasteiger partial charge in [-0.25, -0.2) is 4.63 Å². The van der Waals surface area contributed by atoms with Gasteiger partial charge in [-0.2, -0.15) is 0 Å². The topological polar surface area (TPSA) is 85.2 Å². The zero-order chi connectivity index (χ0) is 11.0. The van der Waals surface area contributed by atoms with Gasteiger partial charge in [0.1, 0.15) is 0 Å². The van der Waals surface area contributed by atoms with Crippen LogP contribution in [0.1, 0.15) is 30.8 Å². The van der Waals surface area contributed by atoms with E-state index in [1.54, 1.807) is 4.90 Å². The van der Waals surface area contributed by atoms with Crippen molar-refractivity contribution in [3.05, 3.63) is 5.69 Å². The highest BCUT2D eigenvalue weighted by molar-refractivity contribution is 5.96. The second-order valence-corrected chi connectivity index (χ2v) is 4.15. The molecule has 1 fully saturated rings. The Labute approximate surface area is 87.4 Å². The fourth-order valence-electron chi connectivity index (χ4n) is 2.06. The van der Waals surface area contributed by atoms with E-state index in [1.807, 2.05) is 6.92 Å². The third kappa shape index (κ3) is 1.67. The van der Waals surface area contributed by atoms with Crippen LogP contribution in [0.5, 0.6) is 0 Å². The molecule has 0 aliphatic carbocycles. The molecule has 2 atom stereocenters. The Morgan fingerprint density at radius 1 is 1.53 bits per heavy atom. The van der Waals surface area contributed by atoms with E-state index >= 15 is 0 Å². The van der Waals surface area contributed by atoms with Crippen molar-refractivity contribution in [2.45, 2.75) is 26.3 Å². The summed E-state index contributed by atoms with van der Waals surface area (Å²) in [5.74, 6) is 0.391. The molecule has 2 heterocycles. The van der Waals surface area contributed by atoms with Gasteiger partial charge in [0.05, 0.1) is 0 Å². The van der Waals surface area contributed by atoms with Gasteiger partial charge in [0, 0.05) is 12.6 Å². The van der Waals surface area contributed by atoms with Crippen molar-refractivity contribution in [1.82, 2.24) is 15.2 Å². The van der Waals surface area contributed by atoms with Gasteiger partial charge in [0.2, 0.25) is 11.5 Å². The molecule has 2 rings (SSSR count). The summed E-state index contributed by atoms with van der Waals surface area (Å²) in [6.45, 7) is 4.88. The van der Waals surface area contributed by atoms with Gasteiger partial charge in [0.15, 0.2) is 0 Å². The molecule has 0 spiro atoms. The molecule has 0 aromatic carbocycles. The van der Waals surface area contributed by atoms with Crippen molar-refractivity contribution < 1.29 is 9.42 Å². The van der Waals surface area contributed by atoms with Crippen molar-refractivity contribution in [3.63, 3.8) is 0 Å². The van der Waals surface area contributed by atoms with E-state index < -0.39 is 0 Å². The lowest BCUT2D eigenvalue weighted by molar-refractivity contribution is 0.0733. The van der Waals surface area contributed by atoms with Crippen molar-refractivity contribution >= 4 is 11.7 Å². The predicted octanol–water partition coefficient (Wildman–Crippen LogP) is 0.522. The fourth-order valence-corrected chi connectivity index (χ4v) is 2.06. The standard InChI is InChI=1S/C9H14N4O2/c1-5-3-6(2)13(4-5)9(14)7-8(10)12-15-11-7/h5-6H,3-4H2,1-2H3,(H2,10,12). The van der Waals surface area contributed by atoms with E-state index in [2.05, 4.69) is 21.9 Å². The molecule has 15 heavy (non-hydrogen) atoms. The Kier molecular flexibility index (Phi) is 2.34. The highest BCUT2D eigenvalue weighted by atomic mass is 16.6. The molecule has 0 saturated carbocycles. The highest BCUT2D eigenvalue weighted by Gasteiger charge is 2.33. The van der Waals surface area contributed by atoms with Crippen LogP contribution in [-0.2, 0) is 0 Å². The van der Waals surface area contributed by atoms with Gasteiger partial charge in [0.25, 0.3) is 5.91 Å². The first-order valence-electron chi connectivity index (χ1n) is 4.98. The second kappa shape index (κ2) is 3.52. The lowest BCUT2D eigenvalue weighted by Crippen LogP contribution is -2.34. The minimum absolute atomic E-state index is 0.0618. The second-order valence-electron chi connectivity index (χ2n) is 4.15. The summed E-state index contributed by atoms with van der Waals surface area (Å²) in [6, 6.07) is 0.226. The number of anilines is 1. The van der Waals surface area contributed by atoms with Crippen LogP contribution in [0.4, 0.5) is 5.82 Å². The Hall–Kier alpha value is -1.59. The number of aromatic nitrogens is 2. The number of hydrogen-bond donors (Lipinski definition) is 1. The minimum atomic E-state index is -0.189. The summed E-state index contributed by atoms with van der Waals surface area (Å²) < 4.78 is 4.42. The Balaban J connectivity index is 2.19. The first-order chi connectivity index (χ1) is 7.09. The van der Waals surface area contributed by atoms with E-state index in [1.165, 1.54) is 0 Å². The molecule has 1 amide bonds. The number of amides is 1. The zero-order valence-corrected chi connectivity index (χ0v) is 8.80. The lowest BCUT2D eigenvalue weighted by atomic mass is 10.1. The van der Waals surface area contributed by atoms with Gasteiger partial charge < -0.3 is 10.6 Å². The third-order valence-electron chi connectivity index (χ3n) is 2.76. The van der Waals surface area contributed by atoms with Crippen molar-refractivity contribution in [2.24, 2.45) is 5.92 Å². The Morgan fingerprint density at radius 2 is 2.27 bits per heavy atom. The van der Waals surface area contributed by atoms with Crippen molar-refractivity contribution in [3.8, 4) is 0 Å². The third-order valence-corrected chi connectivity index (χ3v) is 2.76. The maximum absolute atomic E-state index is 12.0. The van der Waals surface area contributed by atoms with Gasteiger partial charge in [-0.05, 0) is 29.6 Å². The smallest absolute Gasteiger partial charge is 0.280 e. The van der Waals surface area contributed by atoms with Crippen LogP contribution in [0.3, 0.4) is 0 Å². The van der Waals surface area contributed by atoms with Gasteiger partial charge in [-0.3, -0.25) is 4.79 Å². The van der Waals surface area contributed by atoms with Gasteiger partial charge >= 0.3 is 0 Å². The molecular formula is C9H14N4O2. The summed E-state index contributed by atoms with van der Waals surface area (Å²) >= 11 is 0. The number of carbonyl (C=O) groups is 1. The first-order valence-corrected chi connectivity index (χ1v) is 4.98. The summed E-state index contributed by atoms with van der Waals surface area (Å²) in [7, 11) is 0. The van der Waals surface area contributed by atoms with E-state index in [9.17, 15) is 4.79 Å². The van der Waals surface area contributed by atoms with Crippen LogP contribution in [-0.4, -0.2) is 33.7 Å². The number of carbonyl (C=O) groups excluding carboxylic acids is 1. The van der Waals surface area contributed by atoms with E-state index in [0.29, 0.717) is 5.92 Å². The summed E-state index contributed by atoms with van der Waals surface area (Å²) in [5.41, 5.74) is 5.60. The number of nitrogen functional groups attached to an aromatic ring is 1. The quantitative estimate of drug-likeness (QED) is 0.730. The van der Waals surface area contributed by atoms with Crippen molar-refractivity contribution in [2.75, 3.05) is 12.3 Å². The van der Waals surface area contributed by atoms with Crippen LogP contribution in [0.25, 0.3) is 0 Å². The van der Waals surface area contributed by atoms with E-state index in [4.69, 9.17) is 5.73 Å². The average molecular weight is 210 g/mol. The largest absolute Gasteiger partial charge is 0.379 e. The monoisotopic (exact) mass is 210 g/mol. The molecule has 2 unspecified atom stereocenters. The number of rotatable bonds is 1. The summed E-state index contributed by atoms with van der Waals surface area (Å²) in [5, 5.41) is 6.91. The number of hydrogen-bond acceptors (Lipinski definition) is 5. The lowest BCUT2D eigenvalue weighted by Gasteiger charge is -2.19. The number of nitrogens with zero attached hydrogens (tertiary/aromatic N) is 3. The first kappa shape index (κ1) is 9.95. The minimum Gasteiger partial charge on any atom is -0.379 e. The fraction of sp³-hybridized carbons (Fsp3) is 0.667. The normalized spacial score (nSPS) is 25.9. The predicted molar refractivity (Wildman–Crippen MR) is 53.0 cm³/mol. The average Bonchev–Trinajstić information content (AvgIpc) is 2.71. The molecule has 6 heteroatoms. The van der Waals surface area contributed by atoms with Crippen molar-refractivity contribution in [1.29, 1.82) is 0 Å². The molecule has 1 aliphatic rings. The molecule has 0 bridgehead atoms. The Bertz CT molecular complexity index is 376. The molecule has 0 radical (unpaired) electrons. The van der Waals surface area contributed by atoms with Crippen LogP contribution in [0, 0.1) is 5.92 Å².